The molecule has 1 aromatic rings. The van der Waals surface area contributed by atoms with Crippen LogP contribution in [0.1, 0.15) is 10.4 Å². The number of carboxylic acid groups (broad SMARTS) is 2. The Bertz CT molecular complexity index is 711. The zero-order valence-electron chi connectivity index (χ0n) is 11.0. The number of carbonyl (C=O) groups is 2. The van der Waals surface area contributed by atoms with E-state index in [1.165, 1.54) is 30.4 Å². The first-order valence-corrected chi connectivity index (χ1v) is 6.82. The summed E-state index contributed by atoms with van der Waals surface area (Å²) in [5, 5.41) is 25.9. The third-order valence-electron chi connectivity index (χ3n) is 2.92. The highest BCUT2D eigenvalue weighted by atomic mass is 35.5. The Labute approximate surface area is 135 Å². The van der Waals surface area contributed by atoms with Gasteiger partial charge in [0.05, 0.1) is 11.3 Å². The molecule has 0 fully saturated rings. The average Bonchev–Trinajstić information content (AvgIpc) is 2.43. The molecule has 1 aromatic carbocycles. The van der Waals surface area contributed by atoms with Crippen molar-refractivity contribution in [3.05, 3.63) is 53.8 Å². The minimum absolute atomic E-state index is 0.0280. The molecule has 0 bridgehead atoms. The summed E-state index contributed by atoms with van der Waals surface area (Å²) in [5.41, 5.74) is 0.0811. The summed E-state index contributed by atoms with van der Waals surface area (Å²) in [6.07, 6.45) is 4.21. The van der Waals surface area contributed by atoms with E-state index in [0.29, 0.717) is 0 Å². The summed E-state index contributed by atoms with van der Waals surface area (Å²) in [5.74, 6) is -3.72. The fourth-order valence-corrected chi connectivity index (χ4v) is 2.46. The minimum Gasteiger partial charge on any atom is -0.481 e. The Hall–Kier alpha value is -2.18. The monoisotopic (exact) mass is 340 g/mol. The van der Waals surface area contributed by atoms with E-state index >= 15 is 0 Å². The number of alkyl halides is 2. The first-order valence-electron chi connectivity index (χ1n) is 6.07. The predicted octanol–water partition coefficient (Wildman–Crippen LogP) is 3.80. The van der Waals surface area contributed by atoms with Crippen molar-refractivity contribution in [1.82, 2.24) is 0 Å². The van der Waals surface area contributed by atoms with Gasteiger partial charge in [-0.1, -0.05) is 41.4 Å². The van der Waals surface area contributed by atoms with E-state index in [1.807, 2.05) is 0 Å². The van der Waals surface area contributed by atoms with Crippen LogP contribution in [-0.2, 0) is 4.79 Å². The first-order chi connectivity index (χ1) is 10.3. The molecule has 0 aliphatic heterocycles. The van der Waals surface area contributed by atoms with Gasteiger partial charge in [-0.15, -0.1) is 5.11 Å². The average molecular weight is 341 g/mol. The number of hydrogen-bond acceptors (Lipinski definition) is 4. The SMILES string of the molecule is O=C(O)c1ccccc1N=NC1=CC=CC(Cl)(Cl)C1C(=O)O. The van der Waals surface area contributed by atoms with E-state index in [9.17, 15) is 14.7 Å². The summed E-state index contributed by atoms with van der Waals surface area (Å²) in [4.78, 5) is 22.4. The standard InChI is InChI=1S/C14H10Cl2N2O4/c15-14(16)7-3-6-10(11(14)13(21)22)18-17-9-5-2-1-4-8(9)12(19)20/h1-7,11H,(H,19,20)(H,21,22). The summed E-state index contributed by atoms with van der Waals surface area (Å²) >= 11 is 11.9. The van der Waals surface area contributed by atoms with Crippen LogP contribution in [0.3, 0.4) is 0 Å². The lowest BCUT2D eigenvalue weighted by Crippen LogP contribution is -2.33. The van der Waals surface area contributed by atoms with Crippen molar-refractivity contribution in [2.75, 3.05) is 0 Å². The van der Waals surface area contributed by atoms with Gasteiger partial charge in [-0.3, -0.25) is 4.79 Å². The molecule has 114 valence electrons. The number of rotatable bonds is 4. The van der Waals surface area contributed by atoms with E-state index in [2.05, 4.69) is 10.2 Å². The van der Waals surface area contributed by atoms with Crippen LogP contribution in [0.5, 0.6) is 0 Å². The van der Waals surface area contributed by atoms with Crippen molar-refractivity contribution in [2.24, 2.45) is 16.1 Å². The molecule has 1 aliphatic carbocycles. The second kappa shape index (κ2) is 6.29. The minimum atomic E-state index is -1.65. The van der Waals surface area contributed by atoms with Gasteiger partial charge >= 0.3 is 11.9 Å². The van der Waals surface area contributed by atoms with E-state index in [-0.39, 0.29) is 16.9 Å². The van der Waals surface area contributed by atoms with E-state index in [1.54, 1.807) is 12.1 Å². The van der Waals surface area contributed by atoms with Crippen LogP contribution in [0.2, 0.25) is 0 Å². The molecule has 1 atom stereocenters. The smallest absolute Gasteiger partial charge is 0.337 e. The van der Waals surface area contributed by atoms with Crippen molar-refractivity contribution < 1.29 is 19.8 Å². The third-order valence-corrected chi connectivity index (χ3v) is 3.61. The summed E-state index contributed by atoms with van der Waals surface area (Å²) in [6.45, 7) is 0. The number of hydrogen-bond donors (Lipinski definition) is 2. The van der Waals surface area contributed by atoms with Crippen LogP contribution in [0, 0.1) is 5.92 Å². The van der Waals surface area contributed by atoms with Gasteiger partial charge in [0, 0.05) is 0 Å². The molecule has 8 heteroatoms. The fraction of sp³-hybridized carbons (Fsp3) is 0.143. The summed E-state index contributed by atoms with van der Waals surface area (Å²) in [7, 11) is 0. The van der Waals surface area contributed by atoms with Crippen LogP contribution in [0.4, 0.5) is 5.69 Å². The number of carboxylic acids is 2. The summed E-state index contributed by atoms with van der Waals surface area (Å²) in [6, 6.07) is 5.97. The number of halogens is 2. The second-order valence-electron chi connectivity index (χ2n) is 4.42. The zero-order valence-corrected chi connectivity index (χ0v) is 12.5. The third kappa shape index (κ3) is 3.35. The molecule has 0 heterocycles. The number of aromatic carboxylic acids is 1. The Kier molecular flexibility index (Phi) is 4.63. The fourth-order valence-electron chi connectivity index (χ4n) is 1.90. The normalized spacial score (nSPS) is 19.9. The van der Waals surface area contributed by atoms with Crippen molar-refractivity contribution in [3.63, 3.8) is 0 Å². The molecule has 0 aromatic heterocycles. The molecule has 2 N–H and O–H groups in total. The topological polar surface area (TPSA) is 99.3 Å². The van der Waals surface area contributed by atoms with Gasteiger partial charge in [0.25, 0.3) is 0 Å². The molecule has 22 heavy (non-hydrogen) atoms. The zero-order chi connectivity index (χ0) is 16.3. The van der Waals surface area contributed by atoms with Crippen molar-refractivity contribution >= 4 is 40.8 Å². The van der Waals surface area contributed by atoms with Crippen molar-refractivity contribution in [3.8, 4) is 0 Å². The molecule has 1 unspecified atom stereocenters. The van der Waals surface area contributed by atoms with Crippen molar-refractivity contribution in [1.29, 1.82) is 0 Å². The number of aliphatic carboxylic acids is 1. The van der Waals surface area contributed by atoms with E-state index < -0.39 is 22.2 Å². The van der Waals surface area contributed by atoms with Gasteiger partial charge in [-0.05, 0) is 24.3 Å². The highest BCUT2D eigenvalue weighted by Crippen LogP contribution is 2.40. The molecule has 0 saturated carbocycles. The highest BCUT2D eigenvalue weighted by Gasteiger charge is 2.42. The molecule has 0 radical (unpaired) electrons. The largest absolute Gasteiger partial charge is 0.481 e. The van der Waals surface area contributed by atoms with Gasteiger partial charge < -0.3 is 10.2 Å². The first kappa shape index (κ1) is 16.2. The maximum Gasteiger partial charge on any atom is 0.337 e. The van der Waals surface area contributed by atoms with Gasteiger partial charge in [0.1, 0.15) is 11.6 Å². The molecule has 0 spiro atoms. The van der Waals surface area contributed by atoms with Crippen LogP contribution < -0.4 is 0 Å². The lowest BCUT2D eigenvalue weighted by Gasteiger charge is -2.25. The Balaban J connectivity index is 2.37. The van der Waals surface area contributed by atoms with Gasteiger partial charge in [-0.25, -0.2) is 4.79 Å². The Morgan fingerprint density at radius 3 is 2.45 bits per heavy atom. The molecule has 2 rings (SSSR count). The molecular weight excluding hydrogens is 331 g/mol. The van der Waals surface area contributed by atoms with Crippen LogP contribution in [0.25, 0.3) is 0 Å². The van der Waals surface area contributed by atoms with Crippen LogP contribution in [0.15, 0.2) is 58.4 Å². The molecule has 6 nitrogen and oxygen atoms in total. The van der Waals surface area contributed by atoms with E-state index in [0.717, 1.165) is 0 Å². The van der Waals surface area contributed by atoms with Gasteiger partial charge in [0.2, 0.25) is 0 Å². The Morgan fingerprint density at radius 2 is 1.82 bits per heavy atom. The Morgan fingerprint density at radius 1 is 1.14 bits per heavy atom. The number of benzene rings is 1. The number of allylic oxidation sites excluding steroid dienone is 3. The molecule has 0 amide bonds. The second-order valence-corrected chi connectivity index (χ2v) is 5.86. The van der Waals surface area contributed by atoms with Gasteiger partial charge in [-0.2, -0.15) is 5.11 Å². The number of nitrogens with zero attached hydrogens (tertiary/aromatic N) is 2. The molecule has 1 aliphatic rings. The van der Waals surface area contributed by atoms with Gasteiger partial charge in [0.15, 0.2) is 4.33 Å². The lowest BCUT2D eigenvalue weighted by atomic mass is 9.96. The maximum absolute atomic E-state index is 11.3. The molecular formula is C14H10Cl2N2O4. The molecule has 0 saturated heterocycles. The van der Waals surface area contributed by atoms with Crippen molar-refractivity contribution in [2.45, 2.75) is 4.33 Å². The maximum atomic E-state index is 11.3. The van der Waals surface area contributed by atoms with Crippen LogP contribution >= 0.6 is 23.2 Å². The quantitative estimate of drug-likeness (QED) is 0.643. The van der Waals surface area contributed by atoms with E-state index in [4.69, 9.17) is 28.3 Å². The summed E-state index contributed by atoms with van der Waals surface area (Å²) < 4.78 is -1.65. The van der Waals surface area contributed by atoms with Crippen LogP contribution in [-0.4, -0.2) is 26.5 Å². The predicted molar refractivity (Wildman–Crippen MR) is 80.7 cm³/mol. The number of azo groups is 1. The highest BCUT2D eigenvalue weighted by molar-refractivity contribution is 6.51. The lowest BCUT2D eigenvalue weighted by molar-refractivity contribution is -0.140.